The molecule has 0 aliphatic rings. The summed E-state index contributed by atoms with van der Waals surface area (Å²) in [4.78, 5) is 23.6. The molecule has 0 amide bonds. The van der Waals surface area contributed by atoms with Gasteiger partial charge >= 0.3 is 0 Å². The Balaban J connectivity index is 1.58. The van der Waals surface area contributed by atoms with Crippen molar-refractivity contribution in [1.29, 1.82) is 0 Å². The number of rotatable bonds is 9. The minimum absolute atomic E-state index is 0.0912. The molecule has 0 unspecified atom stereocenters. The van der Waals surface area contributed by atoms with E-state index in [-0.39, 0.29) is 34.7 Å². The van der Waals surface area contributed by atoms with Gasteiger partial charge in [-0.05, 0) is 33.6 Å². The summed E-state index contributed by atoms with van der Waals surface area (Å²) in [7, 11) is -2.72. The molecule has 0 N–H and O–H groups in total. The van der Waals surface area contributed by atoms with Gasteiger partial charge in [-0.2, -0.15) is 0 Å². The van der Waals surface area contributed by atoms with Crippen LogP contribution in [0.15, 0.2) is 102 Å². The monoisotopic (exact) mass is 548 g/mol. The van der Waals surface area contributed by atoms with Crippen LogP contribution in [0, 0.1) is 10.1 Å². The fourth-order valence-electron chi connectivity index (χ4n) is 4.69. The Morgan fingerprint density at radius 2 is 1.50 bits per heavy atom. The van der Waals surface area contributed by atoms with E-state index < -0.39 is 18.8 Å². The molecule has 1 aromatic heterocycles. The summed E-state index contributed by atoms with van der Waals surface area (Å²) in [6.45, 7) is 7.04. The zero-order chi connectivity index (χ0) is 27.3. The molecule has 0 atom stereocenters. The first-order valence-corrected chi connectivity index (χ1v) is 14.5. The Morgan fingerprint density at radius 3 is 2.03 bits per heavy atom. The summed E-state index contributed by atoms with van der Waals surface area (Å²) in [6, 6.07) is 27.8. The Labute approximate surface area is 227 Å². The summed E-state index contributed by atoms with van der Waals surface area (Å²) in [5.74, 6) is 0.132. The molecule has 9 heteroatoms. The van der Waals surface area contributed by atoms with Crippen molar-refractivity contribution in [2.75, 3.05) is 13.2 Å². The largest absolute Gasteiger partial charge is 0.485 e. The molecule has 0 saturated carbocycles. The van der Waals surface area contributed by atoms with E-state index in [0.29, 0.717) is 5.69 Å². The molecular weight excluding hydrogens is 520 g/mol. The fourth-order valence-corrected chi connectivity index (χ4v) is 9.50. The number of nitro groups is 1. The lowest BCUT2D eigenvalue weighted by Crippen LogP contribution is -2.66. The molecule has 0 fully saturated rings. The third-order valence-electron chi connectivity index (χ3n) is 6.39. The van der Waals surface area contributed by atoms with Gasteiger partial charge in [-0.25, -0.2) is 0 Å². The van der Waals surface area contributed by atoms with Crippen LogP contribution in [-0.2, 0) is 4.43 Å². The van der Waals surface area contributed by atoms with E-state index >= 15 is 0 Å². The van der Waals surface area contributed by atoms with Gasteiger partial charge < -0.3 is 9.16 Å². The van der Waals surface area contributed by atoms with Crippen LogP contribution in [0.3, 0.4) is 0 Å². The first kappa shape index (κ1) is 27.3. The van der Waals surface area contributed by atoms with Crippen molar-refractivity contribution in [3.63, 3.8) is 0 Å². The van der Waals surface area contributed by atoms with Crippen molar-refractivity contribution < 1.29 is 14.1 Å². The molecule has 1 heterocycles. The molecule has 196 valence electrons. The van der Waals surface area contributed by atoms with Crippen molar-refractivity contribution in [2.24, 2.45) is 0 Å². The van der Waals surface area contributed by atoms with Crippen molar-refractivity contribution in [3.05, 3.63) is 123 Å². The van der Waals surface area contributed by atoms with Crippen LogP contribution >= 0.6 is 11.6 Å². The SMILES string of the molecule is CC(C)(C)[Si](OCCOc1cccn(-c2ccc([N+](=O)[O-])cc2Cl)c1=O)(c1ccccc1)c1ccccc1. The second-order valence-electron chi connectivity index (χ2n) is 9.80. The molecule has 38 heavy (non-hydrogen) atoms. The van der Waals surface area contributed by atoms with Crippen molar-refractivity contribution in [3.8, 4) is 11.4 Å². The third kappa shape index (κ3) is 5.43. The maximum Gasteiger partial charge on any atom is 0.297 e. The summed E-state index contributed by atoms with van der Waals surface area (Å²) in [5.41, 5.74) is -0.246. The zero-order valence-corrected chi connectivity index (χ0v) is 23.2. The Morgan fingerprint density at radius 1 is 0.895 bits per heavy atom. The molecule has 0 aliphatic carbocycles. The molecule has 3 aromatic carbocycles. The zero-order valence-electron chi connectivity index (χ0n) is 21.5. The molecule has 4 aromatic rings. The van der Waals surface area contributed by atoms with Crippen molar-refractivity contribution in [2.45, 2.75) is 25.8 Å². The normalized spacial score (nSPS) is 11.8. The minimum atomic E-state index is -2.72. The smallest absolute Gasteiger partial charge is 0.297 e. The van der Waals surface area contributed by atoms with Crippen LogP contribution in [0.5, 0.6) is 5.75 Å². The fraction of sp³-hybridized carbons (Fsp3) is 0.207. The summed E-state index contributed by atoms with van der Waals surface area (Å²) < 4.78 is 14.0. The van der Waals surface area contributed by atoms with Gasteiger partial charge in [0.05, 0.1) is 22.2 Å². The first-order valence-electron chi connectivity index (χ1n) is 12.2. The molecular formula is C29H29ClN2O5Si. The number of benzene rings is 3. The van der Waals surface area contributed by atoms with Gasteiger partial charge in [0.2, 0.25) is 0 Å². The standard InChI is InChI=1S/C29H29ClN2O5Si/c1-29(2,3)38(23-11-6-4-7-12-23,24-13-8-5-9-14-24)37-20-19-36-27-15-10-18-31(28(27)33)26-17-16-22(32(34)35)21-25(26)30/h4-18,21H,19-20H2,1-3H3. The lowest BCUT2D eigenvalue weighted by Gasteiger charge is -2.43. The topological polar surface area (TPSA) is 83.6 Å². The molecule has 0 radical (unpaired) electrons. The second kappa shape index (κ2) is 11.3. The van der Waals surface area contributed by atoms with E-state index in [1.807, 2.05) is 36.4 Å². The number of non-ortho nitro benzene ring substituents is 1. The number of nitrogens with zero attached hydrogens (tertiary/aromatic N) is 2. The Bertz CT molecular complexity index is 1430. The number of halogens is 1. The number of hydrogen-bond acceptors (Lipinski definition) is 5. The number of aromatic nitrogens is 1. The van der Waals surface area contributed by atoms with Gasteiger partial charge in [-0.3, -0.25) is 19.5 Å². The van der Waals surface area contributed by atoms with Gasteiger partial charge in [0.15, 0.2) is 5.75 Å². The maximum absolute atomic E-state index is 13.1. The van der Waals surface area contributed by atoms with Crippen LogP contribution in [-0.4, -0.2) is 31.0 Å². The molecule has 0 aliphatic heterocycles. The highest BCUT2D eigenvalue weighted by Gasteiger charge is 2.50. The quantitative estimate of drug-likeness (QED) is 0.122. The summed E-state index contributed by atoms with van der Waals surface area (Å²) in [5, 5.41) is 13.3. The van der Waals surface area contributed by atoms with Gasteiger partial charge in [0, 0.05) is 18.3 Å². The van der Waals surface area contributed by atoms with Crippen LogP contribution in [0.2, 0.25) is 10.1 Å². The van der Waals surface area contributed by atoms with E-state index in [4.69, 9.17) is 20.8 Å². The average Bonchev–Trinajstić information content (AvgIpc) is 2.90. The summed E-state index contributed by atoms with van der Waals surface area (Å²) in [6.07, 6.45) is 1.54. The van der Waals surface area contributed by atoms with Crippen molar-refractivity contribution >= 4 is 36.0 Å². The molecule has 4 rings (SSSR count). The van der Waals surface area contributed by atoms with E-state index in [1.165, 1.54) is 22.8 Å². The molecule has 0 spiro atoms. The van der Waals surface area contributed by atoms with Crippen molar-refractivity contribution in [1.82, 2.24) is 4.57 Å². The maximum atomic E-state index is 13.1. The number of hydrogen-bond donors (Lipinski definition) is 0. The first-order chi connectivity index (χ1) is 18.1. The van der Waals surface area contributed by atoms with Crippen LogP contribution < -0.4 is 20.7 Å². The van der Waals surface area contributed by atoms with Gasteiger partial charge in [-0.15, -0.1) is 0 Å². The third-order valence-corrected chi connectivity index (χ3v) is 11.7. The van der Waals surface area contributed by atoms with Gasteiger partial charge in [0.25, 0.3) is 19.6 Å². The van der Waals surface area contributed by atoms with E-state index in [9.17, 15) is 14.9 Å². The lowest BCUT2D eigenvalue weighted by atomic mass is 10.2. The second-order valence-corrected chi connectivity index (χ2v) is 14.5. The highest BCUT2D eigenvalue weighted by molar-refractivity contribution is 6.99. The lowest BCUT2D eigenvalue weighted by molar-refractivity contribution is -0.384. The Hall–Kier alpha value is -3.72. The average molecular weight is 549 g/mol. The predicted molar refractivity (Wildman–Crippen MR) is 153 cm³/mol. The molecule has 7 nitrogen and oxygen atoms in total. The molecule has 0 bridgehead atoms. The molecule has 0 saturated heterocycles. The van der Waals surface area contributed by atoms with Gasteiger partial charge in [0.1, 0.15) is 6.61 Å². The van der Waals surface area contributed by atoms with Crippen LogP contribution in [0.25, 0.3) is 5.69 Å². The van der Waals surface area contributed by atoms with E-state index in [1.54, 1.807) is 18.3 Å². The predicted octanol–water partition coefficient (Wildman–Crippen LogP) is 5.35. The number of nitro benzene ring substituents is 1. The summed E-state index contributed by atoms with van der Waals surface area (Å²) >= 11 is 6.25. The van der Waals surface area contributed by atoms with Crippen LogP contribution in [0.4, 0.5) is 5.69 Å². The Kier molecular flexibility index (Phi) is 8.16. The highest BCUT2D eigenvalue weighted by atomic mass is 35.5. The number of pyridine rings is 1. The highest BCUT2D eigenvalue weighted by Crippen LogP contribution is 2.36. The van der Waals surface area contributed by atoms with E-state index in [2.05, 4.69) is 45.0 Å². The minimum Gasteiger partial charge on any atom is -0.485 e. The number of ether oxygens (including phenoxy) is 1. The van der Waals surface area contributed by atoms with Crippen LogP contribution in [0.1, 0.15) is 20.8 Å². The van der Waals surface area contributed by atoms with E-state index in [0.717, 1.165) is 10.4 Å². The van der Waals surface area contributed by atoms with Gasteiger partial charge in [-0.1, -0.05) is 93.0 Å².